The molecule has 0 aliphatic carbocycles. The fourth-order valence-corrected chi connectivity index (χ4v) is 1.94. The van der Waals surface area contributed by atoms with Crippen LogP contribution >= 0.6 is 0 Å². The van der Waals surface area contributed by atoms with Gasteiger partial charge < -0.3 is 67.1 Å². The Balaban J connectivity index is 0. The minimum atomic E-state index is 0. The maximum absolute atomic E-state index is 10.0. The number of hydrogen-bond acceptors (Lipinski definition) is 2. The van der Waals surface area contributed by atoms with E-state index in [1.807, 2.05) is 0 Å². The van der Waals surface area contributed by atoms with Crippen molar-refractivity contribution in [1.29, 1.82) is 0 Å². The van der Waals surface area contributed by atoms with Crippen LogP contribution in [0.4, 0.5) is 0 Å². The van der Waals surface area contributed by atoms with Gasteiger partial charge in [-0.05, 0) is 12.1 Å². The number of aromatic hydroxyl groups is 2. The molecular weight excluding hydrogens is 482 g/mol. The average molecular weight is 508 g/mol. The molecule has 0 spiro atoms. The molecule has 0 bridgehead atoms. The molecule has 1 aromatic rings. The zero-order valence-electron chi connectivity index (χ0n) is 13.1. The van der Waals surface area contributed by atoms with Crippen LogP contribution in [0.15, 0.2) is 12.1 Å². The van der Waals surface area contributed by atoms with E-state index in [4.69, 9.17) is 0 Å². The number of rotatable bonds is 4. The Morgan fingerprint density at radius 3 is 1.15 bits per heavy atom. The highest BCUT2D eigenvalue weighted by molar-refractivity contribution is 5.44. The van der Waals surface area contributed by atoms with Crippen LogP contribution in [0.25, 0.3) is 0 Å². The summed E-state index contributed by atoms with van der Waals surface area (Å²) >= 11 is 0. The standard InChI is InChI=1S/C14H24N2O2.2HI/c1-15(2,3)9-11-7-14(18)12(8-13(11)17)10-16(4,5)6;;/h7-8H,9-10H2,1-6H3;2*1H. The maximum Gasteiger partial charge on any atom is 0.125 e. The molecule has 0 fully saturated rings. The normalized spacial score (nSPS) is 11.5. The summed E-state index contributed by atoms with van der Waals surface area (Å²) in [5.41, 5.74) is 1.57. The number of hydrogen-bond donors (Lipinski definition) is 2. The summed E-state index contributed by atoms with van der Waals surface area (Å²) in [4.78, 5) is 0. The average Bonchev–Trinajstić information content (AvgIpc) is 2.08. The molecule has 1 aromatic carbocycles. The highest BCUT2D eigenvalue weighted by Crippen LogP contribution is 2.30. The summed E-state index contributed by atoms with van der Waals surface area (Å²) in [5, 5.41) is 20.1. The fraction of sp³-hybridized carbons (Fsp3) is 0.571. The first-order valence-electron chi connectivity index (χ1n) is 6.12. The van der Waals surface area contributed by atoms with Gasteiger partial charge in [-0.15, -0.1) is 0 Å². The van der Waals surface area contributed by atoms with Crippen LogP contribution in [-0.2, 0) is 13.1 Å². The minimum absolute atomic E-state index is 0. The number of halogens is 2. The van der Waals surface area contributed by atoms with E-state index in [1.54, 1.807) is 12.1 Å². The monoisotopic (exact) mass is 508 g/mol. The van der Waals surface area contributed by atoms with Crippen molar-refractivity contribution in [3.8, 4) is 11.5 Å². The molecule has 0 aliphatic rings. The van der Waals surface area contributed by atoms with Gasteiger partial charge in [0.25, 0.3) is 0 Å². The smallest absolute Gasteiger partial charge is 0.125 e. The van der Waals surface area contributed by atoms with Crippen LogP contribution in [0, 0.1) is 0 Å². The molecule has 0 saturated carbocycles. The molecule has 0 aromatic heterocycles. The molecule has 0 amide bonds. The van der Waals surface area contributed by atoms with Crippen LogP contribution in [0.2, 0.25) is 0 Å². The number of phenolic OH excluding ortho intramolecular Hbond substituents is 2. The van der Waals surface area contributed by atoms with Gasteiger partial charge >= 0.3 is 0 Å². The summed E-state index contributed by atoms with van der Waals surface area (Å²) in [7, 11) is 12.3. The van der Waals surface area contributed by atoms with Crippen LogP contribution in [0.5, 0.6) is 11.5 Å². The van der Waals surface area contributed by atoms with Crippen molar-refractivity contribution in [1.82, 2.24) is 0 Å². The molecule has 118 valence electrons. The first kappa shape index (κ1) is 22.5. The third-order valence-electron chi connectivity index (χ3n) is 2.57. The topological polar surface area (TPSA) is 40.5 Å². The van der Waals surface area contributed by atoms with Gasteiger partial charge in [-0.25, -0.2) is 0 Å². The molecule has 0 unspecified atom stereocenters. The lowest BCUT2D eigenvalue weighted by Crippen LogP contribution is -3.00. The Hall–Kier alpha value is 0.200. The van der Waals surface area contributed by atoms with Crippen molar-refractivity contribution in [2.45, 2.75) is 13.1 Å². The third kappa shape index (κ3) is 7.84. The Morgan fingerprint density at radius 1 is 0.700 bits per heavy atom. The SMILES string of the molecule is C[N+](C)(C)Cc1cc(O)c(C[N+](C)(C)C)cc1O.[I-].[I-]. The van der Waals surface area contributed by atoms with Gasteiger partial charge in [0, 0.05) is 0 Å². The Bertz CT molecular complexity index is 396. The molecule has 0 heterocycles. The Morgan fingerprint density at radius 2 is 0.950 bits per heavy atom. The molecule has 0 aliphatic heterocycles. The van der Waals surface area contributed by atoms with Gasteiger partial charge in [0.05, 0.1) is 53.4 Å². The molecule has 0 atom stereocenters. The molecule has 4 nitrogen and oxygen atoms in total. The molecule has 20 heavy (non-hydrogen) atoms. The largest absolute Gasteiger partial charge is 1.00 e. The van der Waals surface area contributed by atoms with Crippen molar-refractivity contribution in [3.63, 3.8) is 0 Å². The second kappa shape index (κ2) is 8.00. The van der Waals surface area contributed by atoms with E-state index in [2.05, 4.69) is 42.3 Å². The van der Waals surface area contributed by atoms with E-state index >= 15 is 0 Å². The zero-order valence-corrected chi connectivity index (χ0v) is 17.4. The van der Waals surface area contributed by atoms with Gasteiger partial charge in [0.15, 0.2) is 0 Å². The first-order valence-corrected chi connectivity index (χ1v) is 6.12. The van der Waals surface area contributed by atoms with Gasteiger partial charge in [-0.1, -0.05) is 0 Å². The molecular formula is C14H26I2N2O2. The van der Waals surface area contributed by atoms with Crippen molar-refractivity contribution in [3.05, 3.63) is 23.3 Å². The van der Waals surface area contributed by atoms with Crippen LogP contribution in [0.1, 0.15) is 11.1 Å². The second-order valence-corrected chi connectivity index (χ2v) is 7.01. The fourth-order valence-electron chi connectivity index (χ4n) is 1.94. The van der Waals surface area contributed by atoms with Crippen molar-refractivity contribution in [2.24, 2.45) is 0 Å². The van der Waals surface area contributed by atoms with Crippen molar-refractivity contribution in [2.75, 3.05) is 42.3 Å². The highest BCUT2D eigenvalue weighted by atomic mass is 127. The predicted molar refractivity (Wildman–Crippen MR) is 73.2 cm³/mol. The van der Waals surface area contributed by atoms with E-state index < -0.39 is 0 Å². The summed E-state index contributed by atoms with van der Waals surface area (Å²) < 4.78 is 1.42. The highest BCUT2D eigenvalue weighted by Gasteiger charge is 2.18. The second-order valence-electron chi connectivity index (χ2n) is 7.01. The van der Waals surface area contributed by atoms with Crippen LogP contribution < -0.4 is 48.0 Å². The molecule has 0 saturated heterocycles. The van der Waals surface area contributed by atoms with E-state index in [0.29, 0.717) is 22.1 Å². The quantitative estimate of drug-likeness (QED) is 0.245. The Labute approximate surface area is 156 Å². The lowest BCUT2D eigenvalue weighted by molar-refractivity contribution is -0.884. The molecule has 6 heteroatoms. The van der Waals surface area contributed by atoms with E-state index in [-0.39, 0.29) is 59.5 Å². The number of quaternary nitrogens is 2. The zero-order chi connectivity index (χ0) is 14.1. The molecule has 0 radical (unpaired) electrons. The van der Waals surface area contributed by atoms with Crippen LogP contribution in [0.3, 0.4) is 0 Å². The first-order chi connectivity index (χ1) is 7.98. The van der Waals surface area contributed by atoms with Crippen molar-refractivity contribution >= 4 is 0 Å². The third-order valence-corrected chi connectivity index (χ3v) is 2.57. The van der Waals surface area contributed by atoms with E-state index in [9.17, 15) is 10.2 Å². The molecule has 2 N–H and O–H groups in total. The van der Waals surface area contributed by atoms with Gasteiger partial charge in [0.2, 0.25) is 0 Å². The van der Waals surface area contributed by atoms with Crippen LogP contribution in [-0.4, -0.2) is 61.5 Å². The summed E-state index contributed by atoms with van der Waals surface area (Å²) in [6, 6.07) is 3.37. The maximum atomic E-state index is 10.0. The summed E-state index contributed by atoms with van der Waals surface area (Å²) in [5.74, 6) is 0.536. The minimum Gasteiger partial charge on any atom is -1.00 e. The van der Waals surface area contributed by atoms with Gasteiger partial charge in [-0.2, -0.15) is 0 Å². The van der Waals surface area contributed by atoms with Gasteiger partial charge in [-0.3, -0.25) is 0 Å². The lowest BCUT2D eigenvalue weighted by Gasteiger charge is -2.26. The summed E-state index contributed by atoms with van der Waals surface area (Å²) in [6.45, 7) is 1.37. The lowest BCUT2D eigenvalue weighted by atomic mass is 10.1. The van der Waals surface area contributed by atoms with E-state index in [0.717, 1.165) is 11.1 Å². The molecule has 1 rings (SSSR count). The number of phenols is 2. The Kier molecular flexibility index (Phi) is 8.99. The number of benzene rings is 1. The van der Waals surface area contributed by atoms with Gasteiger partial charge in [0.1, 0.15) is 24.6 Å². The van der Waals surface area contributed by atoms with Crippen molar-refractivity contribution < 1.29 is 67.1 Å². The predicted octanol–water partition coefficient (Wildman–Crippen LogP) is -4.48. The van der Waals surface area contributed by atoms with E-state index in [1.165, 1.54) is 0 Å². The summed E-state index contributed by atoms with van der Waals surface area (Å²) in [6.07, 6.45) is 0. The number of nitrogens with zero attached hydrogens (tertiary/aromatic N) is 2.